The van der Waals surface area contributed by atoms with Crippen molar-refractivity contribution >= 4 is 61.3 Å². The molecule has 4 aromatic heterocycles. The van der Waals surface area contributed by atoms with Crippen LogP contribution in [-0.4, -0.2) is 15.0 Å². The Bertz CT molecular complexity index is 2630. The SMILES string of the molecule is c1ccc2oc(-c3ccc(N(c4ccc(-c5ccc6c(c5)oc5cccnc56)cc4)c4ccc(-c5nc6ccccc6o5)cc4)cc3)nc2c1. The second kappa shape index (κ2) is 11.3. The maximum Gasteiger partial charge on any atom is 0.227 e. The molecular weight excluding hydrogens is 620 g/mol. The lowest BCUT2D eigenvalue weighted by Gasteiger charge is -2.26. The van der Waals surface area contributed by atoms with Crippen LogP contribution in [0.3, 0.4) is 0 Å². The lowest BCUT2D eigenvalue weighted by Crippen LogP contribution is -2.09. The second-order valence-corrected chi connectivity index (χ2v) is 12.1. The highest BCUT2D eigenvalue weighted by molar-refractivity contribution is 6.03. The summed E-state index contributed by atoms with van der Waals surface area (Å²) in [6, 6.07) is 50.9. The molecule has 0 unspecified atom stereocenters. The first-order chi connectivity index (χ1) is 24.7. The number of pyridine rings is 1. The van der Waals surface area contributed by atoms with E-state index in [1.807, 2.05) is 84.9 Å². The Morgan fingerprint density at radius 1 is 0.400 bits per heavy atom. The molecule has 0 saturated heterocycles. The van der Waals surface area contributed by atoms with Crippen LogP contribution < -0.4 is 4.90 Å². The summed E-state index contributed by atoms with van der Waals surface area (Å²) in [5, 5.41) is 1.01. The average Bonchev–Trinajstić information content (AvgIpc) is 3.91. The third kappa shape index (κ3) is 4.79. The normalized spacial score (nSPS) is 11.6. The molecule has 10 rings (SSSR count). The van der Waals surface area contributed by atoms with Gasteiger partial charge in [-0.3, -0.25) is 4.98 Å². The molecule has 7 nitrogen and oxygen atoms in total. The molecule has 10 aromatic rings. The van der Waals surface area contributed by atoms with Gasteiger partial charge in [0.1, 0.15) is 22.1 Å². The summed E-state index contributed by atoms with van der Waals surface area (Å²) >= 11 is 0. The Hall–Kier alpha value is -6.99. The van der Waals surface area contributed by atoms with Gasteiger partial charge in [0.25, 0.3) is 0 Å². The average molecular weight is 647 g/mol. The van der Waals surface area contributed by atoms with Crippen molar-refractivity contribution in [3.63, 3.8) is 0 Å². The maximum atomic E-state index is 6.12. The first kappa shape index (κ1) is 28.1. The van der Waals surface area contributed by atoms with Gasteiger partial charge in [-0.05, 0) is 120 Å². The molecule has 50 heavy (non-hydrogen) atoms. The zero-order chi connectivity index (χ0) is 33.0. The van der Waals surface area contributed by atoms with E-state index < -0.39 is 0 Å². The van der Waals surface area contributed by atoms with Crippen LogP contribution in [-0.2, 0) is 0 Å². The summed E-state index contributed by atoms with van der Waals surface area (Å²) in [5.41, 5.74) is 12.6. The molecule has 0 saturated carbocycles. The van der Waals surface area contributed by atoms with E-state index in [0.29, 0.717) is 11.8 Å². The van der Waals surface area contributed by atoms with Gasteiger partial charge in [0.2, 0.25) is 11.8 Å². The van der Waals surface area contributed by atoms with E-state index in [2.05, 4.69) is 76.6 Å². The molecule has 0 fully saturated rings. The highest BCUT2D eigenvalue weighted by atomic mass is 16.4. The number of hydrogen-bond donors (Lipinski definition) is 0. The van der Waals surface area contributed by atoms with Gasteiger partial charge < -0.3 is 18.2 Å². The minimum Gasteiger partial charge on any atom is -0.454 e. The lowest BCUT2D eigenvalue weighted by molar-refractivity contribution is 0.619. The molecule has 0 amide bonds. The van der Waals surface area contributed by atoms with E-state index in [-0.39, 0.29) is 0 Å². The van der Waals surface area contributed by atoms with Crippen LogP contribution in [0.5, 0.6) is 0 Å². The van der Waals surface area contributed by atoms with E-state index >= 15 is 0 Å². The zero-order valence-corrected chi connectivity index (χ0v) is 26.5. The number of oxazole rings is 2. The van der Waals surface area contributed by atoms with Crippen LogP contribution in [0.2, 0.25) is 0 Å². The third-order valence-electron chi connectivity index (χ3n) is 9.02. The summed E-state index contributed by atoms with van der Waals surface area (Å²) in [5.74, 6) is 1.18. The van der Waals surface area contributed by atoms with Crippen molar-refractivity contribution in [1.82, 2.24) is 15.0 Å². The summed E-state index contributed by atoms with van der Waals surface area (Å²) in [7, 11) is 0. The minimum atomic E-state index is 0.591. The fraction of sp³-hybridized carbons (Fsp3) is 0. The van der Waals surface area contributed by atoms with E-state index in [9.17, 15) is 0 Å². The van der Waals surface area contributed by atoms with Crippen LogP contribution in [0.25, 0.3) is 78.3 Å². The van der Waals surface area contributed by atoms with Gasteiger partial charge in [0.05, 0.1) is 0 Å². The van der Waals surface area contributed by atoms with Gasteiger partial charge in [-0.25, -0.2) is 9.97 Å². The van der Waals surface area contributed by atoms with Crippen LogP contribution in [0, 0.1) is 0 Å². The fourth-order valence-corrected chi connectivity index (χ4v) is 6.52. The van der Waals surface area contributed by atoms with Gasteiger partial charge in [0, 0.05) is 39.8 Å². The molecule has 0 aliphatic carbocycles. The van der Waals surface area contributed by atoms with Gasteiger partial charge in [-0.15, -0.1) is 0 Å². The largest absolute Gasteiger partial charge is 0.454 e. The number of para-hydroxylation sites is 4. The first-order valence-corrected chi connectivity index (χ1v) is 16.3. The minimum absolute atomic E-state index is 0.591. The Morgan fingerprint density at radius 2 is 0.900 bits per heavy atom. The van der Waals surface area contributed by atoms with Crippen molar-refractivity contribution in [2.75, 3.05) is 4.90 Å². The number of nitrogens with zero attached hydrogens (tertiary/aromatic N) is 4. The number of rotatable bonds is 6. The number of hydrogen-bond acceptors (Lipinski definition) is 7. The number of fused-ring (bicyclic) bond motifs is 5. The maximum absolute atomic E-state index is 6.12. The molecule has 0 aliphatic rings. The van der Waals surface area contributed by atoms with E-state index in [4.69, 9.17) is 23.2 Å². The Morgan fingerprint density at radius 3 is 1.46 bits per heavy atom. The zero-order valence-electron chi connectivity index (χ0n) is 26.5. The monoisotopic (exact) mass is 646 g/mol. The number of benzene rings is 6. The molecule has 0 spiro atoms. The van der Waals surface area contributed by atoms with Crippen molar-refractivity contribution in [2.45, 2.75) is 0 Å². The van der Waals surface area contributed by atoms with Crippen molar-refractivity contribution in [1.29, 1.82) is 0 Å². The molecule has 236 valence electrons. The molecule has 0 aliphatic heterocycles. The van der Waals surface area contributed by atoms with Crippen molar-refractivity contribution < 1.29 is 13.3 Å². The van der Waals surface area contributed by atoms with Gasteiger partial charge in [-0.1, -0.05) is 42.5 Å². The topological polar surface area (TPSA) is 81.3 Å². The molecule has 0 atom stereocenters. The molecular formula is C43H26N4O3. The highest BCUT2D eigenvalue weighted by Crippen LogP contribution is 2.39. The smallest absolute Gasteiger partial charge is 0.227 e. The van der Waals surface area contributed by atoms with Gasteiger partial charge in [-0.2, -0.15) is 0 Å². The van der Waals surface area contributed by atoms with Crippen LogP contribution in [0.1, 0.15) is 0 Å². The van der Waals surface area contributed by atoms with Crippen LogP contribution >= 0.6 is 0 Å². The van der Waals surface area contributed by atoms with E-state index in [1.54, 1.807) is 6.20 Å². The predicted octanol–water partition coefficient (Wildman–Crippen LogP) is 11.7. The Labute approximate surface area is 285 Å². The van der Waals surface area contributed by atoms with Crippen molar-refractivity contribution in [2.24, 2.45) is 0 Å². The van der Waals surface area contributed by atoms with E-state index in [0.717, 1.165) is 83.6 Å². The summed E-state index contributed by atoms with van der Waals surface area (Å²) in [6.45, 7) is 0. The Kier molecular flexibility index (Phi) is 6.35. The quantitative estimate of drug-likeness (QED) is 0.178. The van der Waals surface area contributed by atoms with Crippen molar-refractivity contribution in [3.05, 3.63) is 158 Å². The van der Waals surface area contributed by atoms with Gasteiger partial charge in [0.15, 0.2) is 16.7 Å². The second-order valence-electron chi connectivity index (χ2n) is 12.1. The number of furan rings is 1. The molecule has 4 heterocycles. The fourth-order valence-electron chi connectivity index (χ4n) is 6.52. The summed E-state index contributed by atoms with van der Waals surface area (Å²) < 4.78 is 18.2. The Balaban J connectivity index is 1.02. The number of aromatic nitrogens is 3. The molecule has 6 aromatic carbocycles. The van der Waals surface area contributed by atoms with Crippen LogP contribution in [0.4, 0.5) is 17.1 Å². The van der Waals surface area contributed by atoms with Crippen LogP contribution in [0.15, 0.2) is 171 Å². The summed E-state index contributed by atoms with van der Waals surface area (Å²) in [4.78, 5) is 16.1. The summed E-state index contributed by atoms with van der Waals surface area (Å²) in [6.07, 6.45) is 1.79. The predicted molar refractivity (Wildman–Crippen MR) is 198 cm³/mol. The third-order valence-corrected chi connectivity index (χ3v) is 9.02. The standard InChI is InChI=1S/C43H26N4O3/c1-3-8-37-35(6-1)45-42(49-37)28-13-20-32(21-14-28)47(33-22-15-29(16-23-33)43-46-36-7-2-4-9-38(36)50-43)31-18-11-27(12-19-31)30-17-24-34-40(26-30)48-39-10-5-25-44-41(34)39/h1-26H. The van der Waals surface area contributed by atoms with Crippen molar-refractivity contribution in [3.8, 4) is 34.0 Å². The van der Waals surface area contributed by atoms with E-state index in [1.165, 1.54) is 0 Å². The molecule has 0 radical (unpaired) electrons. The molecule has 0 bridgehead atoms. The first-order valence-electron chi connectivity index (χ1n) is 16.3. The lowest BCUT2D eigenvalue weighted by atomic mass is 10.0. The highest BCUT2D eigenvalue weighted by Gasteiger charge is 2.17. The molecule has 0 N–H and O–H groups in total. The number of anilines is 3. The van der Waals surface area contributed by atoms with Gasteiger partial charge >= 0.3 is 0 Å². The molecule has 7 heteroatoms.